The molecule has 0 unspecified atom stereocenters. The summed E-state index contributed by atoms with van der Waals surface area (Å²) in [6, 6.07) is 4.82. The van der Waals surface area contributed by atoms with E-state index in [0.29, 0.717) is 5.39 Å². The fourth-order valence-corrected chi connectivity index (χ4v) is 2.21. The van der Waals surface area contributed by atoms with Gasteiger partial charge in [-0.25, -0.2) is 14.2 Å². The maximum absolute atomic E-state index is 13.8. The minimum Gasteiger partial charge on any atom is -0.464 e. The number of nitrogens with zero attached hydrogens (tertiary/aromatic N) is 1. The molecule has 0 bridgehead atoms. The van der Waals surface area contributed by atoms with E-state index in [2.05, 4.69) is 9.72 Å². The lowest BCUT2D eigenvalue weighted by atomic mass is 10.1. The first-order valence-corrected chi connectivity index (χ1v) is 5.95. The average molecular weight is 345 g/mol. The van der Waals surface area contributed by atoms with E-state index >= 15 is 0 Å². The Morgan fingerprint density at radius 3 is 2.76 bits per heavy atom. The van der Waals surface area contributed by atoms with Gasteiger partial charge in [-0.3, -0.25) is 0 Å². The van der Waals surface area contributed by atoms with Gasteiger partial charge in [0.25, 0.3) is 0 Å². The second kappa shape index (κ2) is 4.56. The Balaban J connectivity index is 2.77. The normalized spacial score (nSPS) is 10.6. The monoisotopic (exact) mass is 345 g/mol. The van der Waals surface area contributed by atoms with E-state index in [1.165, 1.54) is 13.2 Å². The van der Waals surface area contributed by atoms with Crippen molar-refractivity contribution in [1.82, 2.24) is 4.98 Å². The fraction of sp³-hybridized carbons (Fsp3) is 0.167. The first-order valence-electron chi connectivity index (χ1n) is 4.87. The Morgan fingerprint density at radius 2 is 2.12 bits per heavy atom. The van der Waals surface area contributed by atoms with Crippen molar-refractivity contribution in [2.75, 3.05) is 7.11 Å². The third-order valence-electron chi connectivity index (χ3n) is 2.43. The molecule has 2 aromatic rings. The molecule has 0 aliphatic carbocycles. The number of rotatable bonds is 1. The number of methoxy groups -OCH3 is 1. The van der Waals surface area contributed by atoms with Gasteiger partial charge in [0.05, 0.1) is 7.11 Å². The van der Waals surface area contributed by atoms with Crippen LogP contribution >= 0.6 is 22.6 Å². The lowest BCUT2D eigenvalue weighted by Crippen LogP contribution is -2.05. The quantitative estimate of drug-likeness (QED) is 0.589. The van der Waals surface area contributed by atoms with Gasteiger partial charge < -0.3 is 4.74 Å². The van der Waals surface area contributed by atoms with E-state index in [9.17, 15) is 9.18 Å². The van der Waals surface area contributed by atoms with Crippen LogP contribution in [0.5, 0.6) is 0 Å². The number of carbonyl (C=O) groups is 1. The van der Waals surface area contributed by atoms with Gasteiger partial charge in [-0.2, -0.15) is 0 Å². The standard InChI is InChI=1S/C12H9FINO2/c1-6-3-10(12(16)17-2)15-11-8(6)4-7(14)5-9(11)13/h3-5H,1-2H3. The first-order chi connectivity index (χ1) is 8.02. The van der Waals surface area contributed by atoms with Crippen LogP contribution in [-0.4, -0.2) is 18.1 Å². The third kappa shape index (κ3) is 2.24. The van der Waals surface area contributed by atoms with Crippen LogP contribution < -0.4 is 0 Å². The maximum Gasteiger partial charge on any atom is 0.356 e. The highest BCUT2D eigenvalue weighted by molar-refractivity contribution is 14.1. The summed E-state index contributed by atoms with van der Waals surface area (Å²) >= 11 is 2.04. The molecule has 0 saturated carbocycles. The van der Waals surface area contributed by atoms with Crippen LogP contribution in [0.3, 0.4) is 0 Å². The zero-order valence-corrected chi connectivity index (χ0v) is 11.4. The fourth-order valence-electron chi connectivity index (χ4n) is 1.62. The van der Waals surface area contributed by atoms with Crippen molar-refractivity contribution in [3.8, 4) is 0 Å². The van der Waals surface area contributed by atoms with Crippen LogP contribution in [0.2, 0.25) is 0 Å². The SMILES string of the molecule is COC(=O)c1cc(C)c2cc(I)cc(F)c2n1. The third-order valence-corrected chi connectivity index (χ3v) is 3.06. The average Bonchev–Trinajstić information content (AvgIpc) is 2.29. The molecular formula is C12H9FINO2. The van der Waals surface area contributed by atoms with Crippen molar-refractivity contribution in [2.45, 2.75) is 6.92 Å². The predicted octanol–water partition coefficient (Wildman–Crippen LogP) is 3.07. The van der Waals surface area contributed by atoms with Gasteiger partial charge in [0.2, 0.25) is 0 Å². The summed E-state index contributed by atoms with van der Waals surface area (Å²) in [4.78, 5) is 15.4. The molecule has 1 heterocycles. The van der Waals surface area contributed by atoms with Crippen molar-refractivity contribution in [1.29, 1.82) is 0 Å². The van der Waals surface area contributed by atoms with Crippen LogP contribution in [0, 0.1) is 16.3 Å². The van der Waals surface area contributed by atoms with Crippen LogP contribution in [0.4, 0.5) is 4.39 Å². The Labute approximate surface area is 111 Å². The summed E-state index contributed by atoms with van der Waals surface area (Å²) in [5.41, 5.74) is 1.12. The minimum absolute atomic E-state index is 0.123. The van der Waals surface area contributed by atoms with Gasteiger partial charge in [-0.05, 0) is 53.3 Å². The highest BCUT2D eigenvalue weighted by Gasteiger charge is 2.13. The van der Waals surface area contributed by atoms with Gasteiger partial charge in [-0.1, -0.05) is 0 Å². The molecule has 1 aromatic heterocycles. The summed E-state index contributed by atoms with van der Waals surface area (Å²) in [5.74, 6) is -0.992. The molecule has 17 heavy (non-hydrogen) atoms. The predicted molar refractivity (Wildman–Crippen MR) is 70.5 cm³/mol. The van der Waals surface area contributed by atoms with Gasteiger partial charge >= 0.3 is 5.97 Å². The number of benzene rings is 1. The number of aryl methyl sites for hydroxylation is 1. The summed E-state index contributed by atoms with van der Waals surface area (Å²) in [6.45, 7) is 1.81. The number of halogens is 2. The molecule has 1 aromatic carbocycles. The van der Waals surface area contributed by atoms with Crippen molar-refractivity contribution < 1.29 is 13.9 Å². The van der Waals surface area contributed by atoms with E-state index < -0.39 is 11.8 Å². The lowest BCUT2D eigenvalue weighted by molar-refractivity contribution is 0.0594. The molecule has 88 valence electrons. The molecule has 0 saturated heterocycles. The number of fused-ring (bicyclic) bond motifs is 1. The largest absolute Gasteiger partial charge is 0.464 e. The lowest BCUT2D eigenvalue weighted by Gasteiger charge is -2.06. The van der Waals surface area contributed by atoms with Crippen molar-refractivity contribution in [3.05, 3.63) is 38.8 Å². The van der Waals surface area contributed by atoms with Gasteiger partial charge in [0, 0.05) is 8.96 Å². The van der Waals surface area contributed by atoms with Crippen LogP contribution in [0.15, 0.2) is 18.2 Å². The highest BCUT2D eigenvalue weighted by atomic mass is 127. The zero-order valence-electron chi connectivity index (χ0n) is 9.25. The van der Waals surface area contributed by atoms with Crippen molar-refractivity contribution >= 4 is 39.5 Å². The summed E-state index contributed by atoms with van der Waals surface area (Å²) in [5, 5.41) is 0.710. The maximum atomic E-state index is 13.8. The molecule has 0 spiro atoms. The number of carbonyl (C=O) groups excluding carboxylic acids is 1. The highest BCUT2D eigenvalue weighted by Crippen LogP contribution is 2.23. The van der Waals surface area contributed by atoms with Gasteiger partial charge in [0.1, 0.15) is 11.2 Å². The van der Waals surface area contributed by atoms with E-state index in [1.807, 2.05) is 35.6 Å². The number of esters is 1. The summed E-state index contributed by atoms with van der Waals surface area (Å²) in [6.07, 6.45) is 0. The minimum atomic E-state index is -0.562. The Morgan fingerprint density at radius 1 is 1.41 bits per heavy atom. The molecule has 0 amide bonds. The zero-order chi connectivity index (χ0) is 12.6. The van der Waals surface area contributed by atoms with Crippen LogP contribution in [0.25, 0.3) is 10.9 Å². The second-order valence-electron chi connectivity index (χ2n) is 3.60. The topological polar surface area (TPSA) is 39.2 Å². The smallest absolute Gasteiger partial charge is 0.356 e. The molecule has 3 nitrogen and oxygen atoms in total. The molecule has 0 atom stereocenters. The van der Waals surface area contributed by atoms with Gasteiger partial charge in [0.15, 0.2) is 5.82 Å². The van der Waals surface area contributed by atoms with Gasteiger partial charge in [-0.15, -0.1) is 0 Å². The van der Waals surface area contributed by atoms with E-state index in [0.717, 1.165) is 9.13 Å². The molecule has 0 radical (unpaired) electrons. The molecule has 0 fully saturated rings. The van der Waals surface area contributed by atoms with Crippen molar-refractivity contribution in [2.24, 2.45) is 0 Å². The number of hydrogen-bond donors (Lipinski definition) is 0. The van der Waals surface area contributed by atoms with Crippen LogP contribution in [0.1, 0.15) is 16.1 Å². The molecular weight excluding hydrogens is 336 g/mol. The summed E-state index contributed by atoms with van der Waals surface area (Å²) < 4.78 is 19.1. The summed E-state index contributed by atoms with van der Waals surface area (Å²) in [7, 11) is 1.27. The van der Waals surface area contributed by atoms with E-state index in [1.54, 1.807) is 6.07 Å². The molecule has 0 aliphatic rings. The molecule has 5 heteroatoms. The van der Waals surface area contributed by atoms with Crippen molar-refractivity contribution in [3.63, 3.8) is 0 Å². The van der Waals surface area contributed by atoms with E-state index in [4.69, 9.17) is 0 Å². The molecule has 0 N–H and O–H groups in total. The molecule has 0 aliphatic heterocycles. The number of ether oxygens (including phenoxy) is 1. The Bertz CT molecular complexity index is 613. The number of hydrogen-bond acceptors (Lipinski definition) is 3. The number of pyridine rings is 1. The Hall–Kier alpha value is -1.24. The Kier molecular flexibility index (Phi) is 3.28. The second-order valence-corrected chi connectivity index (χ2v) is 4.85. The molecule has 2 rings (SSSR count). The van der Waals surface area contributed by atoms with Crippen LogP contribution in [-0.2, 0) is 4.74 Å². The van der Waals surface area contributed by atoms with E-state index in [-0.39, 0.29) is 11.2 Å². The first kappa shape index (κ1) is 12.2. The number of aromatic nitrogens is 1.